The van der Waals surface area contributed by atoms with Gasteiger partial charge in [-0.05, 0) is 31.9 Å². The van der Waals surface area contributed by atoms with Crippen molar-refractivity contribution < 1.29 is 9.90 Å². The Kier molecular flexibility index (Phi) is 2.62. The minimum atomic E-state index is -0.725. The van der Waals surface area contributed by atoms with Crippen molar-refractivity contribution in [1.29, 1.82) is 0 Å². The summed E-state index contributed by atoms with van der Waals surface area (Å²) in [6.07, 6.45) is 0.673. The van der Waals surface area contributed by atoms with Gasteiger partial charge >= 0.3 is 5.97 Å². The van der Waals surface area contributed by atoms with Gasteiger partial charge in [0.15, 0.2) is 0 Å². The number of hydrogen-bond acceptors (Lipinski definition) is 2. The van der Waals surface area contributed by atoms with Crippen LogP contribution in [0.5, 0.6) is 0 Å². The number of fused-ring (bicyclic) bond motifs is 1. The zero-order valence-corrected chi connectivity index (χ0v) is 9.66. The standard InChI is InChI=1S/C13H17NO2/c1-13(2,12(15)16)7-9-8-14-11-6-4-3-5-10(9)11/h3-6,9,14H,7-8H2,1-2H3,(H,15,16). The second kappa shape index (κ2) is 3.81. The highest BCUT2D eigenvalue weighted by Crippen LogP contribution is 2.38. The predicted octanol–water partition coefficient (Wildman–Crippen LogP) is 2.70. The number of hydrogen-bond donors (Lipinski definition) is 2. The number of carboxylic acids is 1. The van der Waals surface area contributed by atoms with Crippen LogP contribution in [0.2, 0.25) is 0 Å². The molecule has 0 fully saturated rings. The minimum absolute atomic E-state index is 0.308. The summed E-state index contributed by atoms with van der Waals surface area (Å²) in [6, 6.07) is 8.13. The zero-order valence-electron chi connectivity index (χ0n) is 9.66. The number of carbonyl (C=O) groups is 1. The molecule has 0 aliphatic carbocycles. The highest BCUT2D eigenvalue weighted by atomic mass is 16.4. The maximum Gasteiger partial charge on any atom is 0.309 e. The van der Waals surface area contributed by atoms with E-state index in [-0.39, 0.29) is 0 Å². The molecule has 16 heavy (non-hydrogen) atoms. The molecule has 1 aliphatic heterocycles. The highest BCUT2D eigenvalue weighted by Gasteiger charge is 2.33. The summed E-state index contributed by atoms with van der Waals surface area (Å²) >= 11 is 0. The molecular weight excluding hydrogens is 202 g/mol. The van der Waals surface area contributed by atoms with Crippen molar-refractivity contribution in [2.75, 3.05) is 11.9 Å². The lowest BCUT2D eigenvalue weighted by Gasteiger charge is -2.23. The van der Waals surface area contributed by atoms with Crippen LogP contribution in [0.3, 0.4) is 0 Å². The monoisotopic (exact) mass is 219 g/mol. The van der Waals surface area contributed by atoms with E-state index in [1.54, 1.807) is 13.8 Å². The molecule has 1 heterocycles. The van der Waals surface area contributed by atoms with E-state index in [0.717, 1.165) is 12.2 Å². The second-order valence-corrected chi connectivity index (χ2v) is 5.06. The summed E-state index contributed by atoms with van der Waals surface area (Å²) in [5.41, 5.74) is 1.73. The van der Waals surface area contributed by atoms with Crippen LogP contribution in [-0.2, 0) is 4.79 Å². The van der Waals surface area contributed by atoms with Crippen LogP contribution in [0, 0.1) is 5.41 Å². The van der Waals surface area contributed by atoms with E-state index in [2.05, 4.69) is 11.4 Å². The lowest BCUT2D eigenvalue weighted by atomic mass is 9.81. The number of para-hydroxylation sites is 1. The quantitative estimate of drug-likeness (QED) is 0.821. The fourth-order valence-electron chi connectivity index (χ4n) is 2.24. The fourth-order valence-corrected chi connectivity index (χ4v) is 2.24. The van der Waals surface area contributed by atoms with E-state index in [9.17, 15) is 4.79 Å². The molecule has 3 nitrogen and oxygen atoms in total. The first kappa shape index (κ1) is 11.0. The summed E-state index contributed by atoms with van der Waals surface area (Å²) in [6.45, 7) is 4.42. The van der Waals surface area contributed by atoms with Crippen molar-refractivity contribution in [3.8, 4) is 0 Å². The number of rotatable bonds is 3. The molecule has 1 aromatic rings. The van der Waals surface area contributed by atoms with Gasteiger partial charge in [0.2, 0.25) is 0 Å². The average molecular weight is 219 g/mol. The molecule has 86 valence electrons. The topological polar surface area (TPSA) is 49.3 Å². The number of aliphatic carboxylic acids is 1. The Hall–Kier alpha value is -1.51. The maximum absolute atomic E-state index is 11.1. The van der Waals surface area contributed by atoms with E-state index in [1.165, 1.54) is 5.56 Å². The molecule has 0 aromatic heterocycles. The van der Waals surface area contributed by atoms with Crippen molar-refractivity contribution in [1.82, 2.24) is 0 Å². The second-order valence-electron chi connectivity index (χ2n) is 5.06. The third-order valence-electron chi connectivity index (χ3n) is 3.28. The molecule has 0 amide bonds. The molecule has 1 aliphatic rings. The molecule has 0 radical (unpaired) electrons. The molecular formula is C13H17NO2. The summed E-state index contributed by atoms with van der Waals surface area (Å²) in [4.78, 5) is 11.1. The molecule has 0 saturated carbocycles. The molecule has 3 heteroatoms. The van der Waals surface area contributed by atoms with Crippen molar-refractivity contribution >= 4 is 11.7 Å². The first-order valence-electron chi connectivity index (χ1n) is 5.57. The van der Waals surface area contributed by atoms with E-state index in [0.29, 0.717) is 12.3 Å². The first-order valence-corrected chi connectivity index (χ1v) is 5.57. The summed E-state index contributed by atoms with van der Waals surface area (Å²) in [5, 5.41) is 12.4. The van der Waals surface area contributed by atoms with Gasteiger partial charge in [-0.15, -0.1) is 0 Å². The Morgan fingerprint density at radius 1 is 1.50 bits per heavy atom. The van der Waals surface area contributed by atoms with Gasteiger partial charge in [-0.1, -0.05) is 18.2 Å². The summed E-state index contributed by atoms with van der Waals surface area (Å²) in [5.74, 6) is -0.417. The fraction of sp³-hybridized carbons (Fsp3) is 0.462. The first-order chi connectivity index (χ1) is 7.50. The van der Waals surface area contributed by atoms with Gasteiger partial charge in [0, 0.05) is 18.2 Å². The van der Waals surface area contributed by atoms with Crippen molar-refractivity contribution in [2.24, 2.45) is 5.41 Å². The Labute approximate surface area is 95.5 Å². The van der Waals surface area contributed by atoms with Crippen LogP contribution < -0.4 is 5.32 Å². The van der Waals surface area contributed by atoms with Gasteiger partial charge in [0.05, 0.1) is 5.41 Å². The molecule has 2 rings (SSSR count). The van der Waals surface area contributed by atoms with Gasteiger partial charge in [-0.25, -0.2) is 0 Å². The number of nitrogens with one attached hydrogen (secondary N) is 1. The van der Waals surface area contributed by atoms with Crippen LogP contribution in [0.15, 0.2) is 24.3 Å². The van der Waals surface area contributed by atoms with E-state index < -0.39 is 11.4 Å². The lowest BCUT2D eigenvalue weighted by Crippen LogP contribution is -2.26. The van der Waals surface area contributed by atoms with Gasteiger partial charge < -0.3 is 10.4 Å². The van der Waals surface area contributed by atoms with Crippen molar-refractivity contribution in [2.45, 2.75) is 26.2 Å². The van der Waals surface area contributed by atoms with Gasteiger partial charge in [-0.2, -0.15) is 0 Å². The van der Waals surface area contributed by atoms with Gasteiger partial charge in [-0.3, -0.25) is 4.79 Å². The van der Waals surface area contributed by atoms with E-state index in [1.807, 2.05) is 18.2 Å². The Morgan fingerprint density at radius 3 is 2.88 bits per heavy atom. The molecule has 0 saturated heterocycles. The summed E-state index contributed by atoms with van der Waals surface area (Å²) in [7, 11) is 0. The Morgan fingerprint density at radius 2 is 2.19 bits per heavy atom. The van der Waals surface area contributed by atoms with E-state index >= 15 is 0 Å². The highest BCUT2D eigenvalue weighted by molar-refractivity contribution is 5.74. The van der Waals surface area contributed by atoms with Crippen LogP contribution in [-0.4, -0.2) is 17.6 Å². The average Bonchev–Trinajstić information content (AvgIpc) is 2.61. The zero-order chi connectivity index (χ0) is 11.8. The van der Waals surface area contributed by atoms with Crippen LogP contribution >= 0.6 is 0 Å². The third kappa shape index (κ3) is 1.90. The molecule has 1 aromatic carbocycles. The number of benzene rings is 1. The summed E-state index contributed by atoms with van der Waals surface area (Å²) < 4.78 is 0. The SMILES string of the molecule is CC(C)(CC1CNc2ccccc21)C(=O)O. The Balaban J connectivity index is 2.18. The van der Waals surface area contributed by atoms with Crippen LogP contribution in [0.4, 0.5) is 5.69 Å². The molecule has 2 N–H and O–H groups in total. The van der Waals surface area contributed by atoms with Crippen LogP contribution in [0.1, 0.15) is 31.7 Å². The predicted molar refractivity (Wildman–Crippen MR) is 63.7 cm³/mol. The van der Waals surface area contributed by atoms with Crippen molar-refractivity contribution in [3.05, 3.63) is 29.8 Å². The van der Waals surface area contributed by atoms with Crippen LogP contribution in [0.25, 0.3) is 0 Å². The lowest BCUT2D eigenvalue weighted by molar-refractivity contribution is -0.147. The molecule has 1 atom stereocenters. The molecule has 0 bridgehead atoms. The largest absolute Gasteiger partial charge is 0.481 e. The van der Waals surface area contributed by atoms with Gasteiger partial charge in [0.25, 0.3) is 0 Å². The number of carboxylic acid groups (broad SMARTS) is 1. The number of anilines is 1. The third-order valence-corrected chi connectivity index (χ3v) is 3.28. The molecule has 1 unspecified atom stereocenters. The maximum atomic E-state index is 11.1. The van der Waals surface area contributed by atoms with E-state index in [4.69, 9.17) is 5.11 Å². The van der Waals surface area contributed by atoms with Gasteiger partial charge in [0.1, 0.15) is 0 Å². The normalized spacial score (nSPS) is 19.0. The Bertz CT molecular complexity index is 412. The minimum Gasteiger partial charge on any atom is -0.481 e. The molecule has 0 spiro atoms. The van der Waals surface area contributed by atoms with Crippen molar-refractivity contribution in [3.63, 3.8) is 0 Å². The smallest absolute Gasteiger partial charge is 0.309 e.